The second-order valence-corrected chi connectivity index (χ2v) is 13.4. The van der Waals surface area contributed by atoms with Gasteiger partial charge in [0.25, 0.3) is 5.91 Å². The van der Waals surface area contributed by atoms with Crippen LogP contribution in [0.25, 0.3) is 0 Å². The first kappa shape index (κ1) is 30.3. The van der Waals surface area contributed by atoms with Gasteiger partial charge in [-0.15, -0.1) is 0 Å². The number of hydrogen-bond donors (Lipinski definition) is 2. The zero-order chi connectivity index (χ0) is 30.1. The smallest absolute Gasteiger partial charge is 0.328 e. The highest BCUT2D eigenvalue weighted by Crippen LogP contribution is 2.66. The summed E-state index contributed by atoms with van der Waals surface area (Å²) < 4.78 is 5.15. The standard InChI is InChI=1S/C34H46N2O6/c1-5-41-32(40)30(18-22-6-9-25(38)10-7-22)35-31(39)20-42-36-24-14-16-33(3)23(19-24)8-11-26-28-13-12-27(21(2)37)34(28,4)17-15-29(26)33/h6-7,9-10,19,26-30,38H,5,8,11-18,20H2,1-4H3,(H,35,39). The minimum atomic E-state index is -0.867. The Morgan fingerprint density at radius 3 is 2.52 bits per heavy atom. The molecule has 1 aromatic rings. The van der Waals surface area contributed by atoms with E-state index in [4.69, 9.17) is 9.57 Å². The van der Waals surface area contributed by atoms with Crippen LogP contribution in [0.4, 0.5) is 0 Å². The lowest BCUT2D eigenvalue weighted by Gasteiger charge is -2.58. The van der Waals surface area contributed by atoms with E-state index in [0.29, 0.717) is 23.5 Å². The molecule has 2 N–H and O–H groups in total. The number of benzene rings is 1. The van der Waals surface area contributed by atoms with E-state index in [1.807, 2.05) is 0 Å². The highest BCUT2D eigenvalue weighted by molar-refractivity contribution is 5.96. The van der Waals surface area contributed by atoms with Gasteiger partial charge in [0.2, 0.25) is 0 Å². The summed E-state index contributed by atoms with van der Waals surface area (Å²) in [6.07, 6.45) is 11.0. The zero-order valence-corrected chi connectivity index (χ0v) is 25.5. The molecular weight excluding hydrogens is 532 g/mol. The van der Waals surface area contributed by atoms with Crippen LogP contribution in [-0.4, -0.2) is 47.7 Å². The second-order valence-electron chi connectivity index (χ2n) is 13.4. The van der Waals surface area contributed by atoms with Gasteiger partial charge in [-0.3, -0.25) is 9.59 Å². The third-order valence-corrected chi connectivity index (χ3v) is 11.1. The number of nitrogens with one attached hydrogen (secondary N) is 1. The maximum Gasteiger partial charge on any atom is 0.328 e. The number of ketones is 1. The summed E-state index contributed by atoms with van der Waals surface area (Å²) in [6.45, 7) is 8.25. The monoisotopic (exact) mass is 578 g/mol. The van der Waals surface area contributed by atoms with E-state index >= 15 is 0 Å². The highest BCUT2D eigenvalue weighted by Gasteiger charge is 2.59. The number of phenols is 1. The molecular formula is C34H46N2O6. The number of fused-ring (bicyclic) bond motifs is 5. The molecule has 5 rings (SSSR count). The Kier molecular flexibility index (Phi) is 8.81. The zero-order valence-electron chi connectivity index (χ0n) is 25.5. The van der Waals surface area contributed by atoms with Crippen molar-refractivity contribution in [1.82, 2.24) is 5.32 Å². The number of carbonyl (C=O) groups excluding carboxylic acids is 3. The van der Waals surface area contributed by atoms with Crippen LogP contribution in [0.15, 0.2) is 41.1 Å². The lowest BCUT2D eigenvalue weighted by molar-refractivity contribution is -0.147. The first-order valence-corrected chi connectivity index (χ1v) is 15.7. The molecule has 0 spiro atoms. The molecule has 0 saturated heterocycles. The molecule has 228 valence electrons. The van der Waals surface area contributed by atoms with Crippen molar-refractivity contribution in [2.24, 2.45) is 39.7 Å². The fourth-order valence-corrected chi connectivity index (χ4v) is 9.02. The van der Waals surface area contributed by atoms with E-state index in [2.05, 4.69) is 30.4 Å². The van der Waals surface area contributed by atoms with Gasteiger partial charge in [0, 0.05) is 12.3 Å². The molecule has 0 radical (unpaired) electrons. The third kappa shape index (κ3) is 5.86. The number of esters is 1. The molecule has 3 saturated carbocycles. The van der Waals surface area contributed by atoms with Crippen molar-refractivity contribution < 1.29 is 29.1 Å². The fourth-order valence-electron chi connectivity index (χ4n) is 9.02. The Morgan fingerprint density at radius 1 is 1.05 bits per heavy atom. The number of ether oxygens (including phenoxy) is 1. The number of carbonyl (C=O) groups is 3. The average molecular weight is 579 g/mol. The van der Waals surface area contributed by atoms with Gasteiger partial charge < -0.3 is 20.0 Å². The van der Waals surface area contributed by atoms with Gasteiger partial charge in [0.1, 0.15) is 17.6 Å². The van der Waals surface area contributed by atoms with E-state index in [1.54, 1.807) is 38.1 Å². The summed E-state index contributed by atoms with van der Waals surface area (Å²) in [5.41, 5.74) is 3.40. The summed E-state index contributed by atoms with van der Waals surface area (Å²) in [6, 6.07) is 5.62. The number of amides is 1. The summed E-state index contributed by atoms with van der Waals surface area (Å²) in [5, 5.41) is 16.6. The summed E-state index contributed by atoms with van der Waals surface area (Å²) in [7, 11) is 0. The molecule has 0 aliphatic heterocycles. The number of aromatic hydroxyl groups is 1. The Bertz CT molecular complexity index is 1250. The van der Waals surface area contributed by atoms with E-state index in [0.717, 1.165) is 43.4 Å². The van der Waals surface area contributed by atoms with Crippen LogP contribution in [-0.2, 0) is 30.4 Å². The summed E-state index contributed by atoms with van der Waals surface area (Å²) >= 11 is 0. The second kappa shape index (κ2) is 12.2. The van der Waals surface area contributed by atoms with Gasteiger partial charge in [0.05, 0.1) is 12.3 Å². The van der Waals surface area contributed by atoms with Gasteiger partial charge in [-0.2, -0.15) is 0 Å². The fraction of sp³-hybridized carbons (Fsp3) is 0.647. The number of allylic oxidation sites excluding steroid dienone is 2. The van der Waals surface area contributed by atoms with Gasteiger partial charge in [0.15, 0.2) is 6.61 Å². The Hall–Kier alpha value is -3.16. The maximum atomic E-state index is 12.7. The number of hydrogen-bond acceptors (Lipinski definition) is 7. The molecule has 0 bridgehead atoms. The summed E-state index contributed by atoms with van der Waals surface area (Å²) in [5.74, 6) is 1.74. The van der Waals surface area contributed by atoms with Crippen LogP contribution < -0.4 is 5.32 Å². The van der Waals surface area contributed by atoms with Crippen LogP contribution in [0.3, 0.4) is 0 Å². The molecule has 3 fully saturated rings. The normalized spacial score (nSPS) is 33.4. The highest BCUT2D eigenvalue weighted by atomic mass is 16.6. The van der Waals surface area contributed by atoms with Crippen LogP contribution in [0.5, 0.6) is 5.75 Å². The number of oxime groups is 1. The number of phenolic OH excluding ortho intramolecular Hbond substituents is 1. The van der Waals surface area contributed by atoms with E-state index in [1.165, 1.54) is 24.8 Å². The molecule has 1 amide bonds. The van der Waals surface area contributed by atoms with Crippen molar-refractivity contribution in [3.63, 3.8) is 0 Å². The molecule has 8 heteroatoms. The van der Waals surface area contributed by atoms with Crippen LogP contribution >= 0.6 is 0 Å². The van der Waals surface area contributed by atoms with E-state index < -0.39 is 17.9 Å². The molecule has 4 aliphatic rings. The lowest BCUT2D eigenvalue weighted by atomic mass is 9.46. The average Bonchev–Trinajstić information content (AvgIpc) is 3.31. The van der Waals surface area contributed by atoms with Crippen LogP contribution in [0.1, 0.15) is 84.6 Å². The Labute approximate surface area is 249 Å². The SMILES string of the molecule is CCOC(=O)C(Cc1ccc(O)cc1)NC(=O)CON=C1C=C2CCC3C(CCC4(C)C(C(C)=O)CCC34)C2(C)CC1. The van der Waals surface area contributed by atoms with Gasteiger partial charge >= 0.3 is 5.97 Å². The van der Waals surface area contributed by atoms with Crippen LogP contribution in [0.2, 0.25) is 0 Å². The van der Waals surface area contributed by atoms with Crippen molar-refractivity contribution in [3.8, 4) is 5.75 Å². The summed E-state index contributed by atoms with van der Waals surface area (Å²) in [4.78, 5) is 43.1. The first-order valence-electron chi connectivity index (χ1n) is 15.7. The number of nitrogens with zero attached hydrogens (tertiary/aromatic N) is 1. The Balaban J connectivity index is 1.19. The van der Waals surface area contributed by atoms with Crippen molar-refractivity contribution >= 4 is 23.4 Å². The molecule has 7 atom stereocenters. The predicted octanol–water partition coefficient (Wildman–Crippen LogP) is 5.52. The van der Waals surface area contributed by atoms with Crippen molar-refractivity contribution in [2.45, 2.75) is 91.5 Å². The quantitative estimate of drug-likeness (QED) is 0.295. The van der Waals surface area contributed by atoms with Crippen LogP contribution in [0, 0.1) is 34.5 Å². The van der Waals surface area contributed by atoms with Crippen molar-refractivity contribution in [2.75, 3.05) is 13.2 Å². The molecule has 7 unspecified atom stereocenters. The van der Waals surface area contributed by atoms with E-state index in [9.17, 15) is 19.5 Å². The first-order chi connectivity index (χ1) is 20.0. The van der Waals surface area contributed by atoms with Crippen molar-refractivity contribution in [3.05, 3.63) is 41.5 Å². The molecule has 42 heavy (non-hydrogen) atoms. The minimum Gasteiger partial charge on any atom is -0.508 e. The number of rotatable bonds is 9. The Morgan fingerprint density at radius 2 is 1.81 bits per heavy atom. The molecule has 0 aromatic heterocycles. The van der Waals surface area contributed by atoms with E-state index in [-0.39, 0.29) is 42.1 Å². The van der Waals surface area contributed by atoms with Crippen molar-refractivity contribution in [1.29, 1.82) is 0 Å². The van der Waals surface area contributed by atoms with Gasteiger partial charge in [-0.05, 0) is 118 Å². The number of Topliss-reactive ketones (excluding diaryl/α,β-unsaturated/α-hetero) is 1. The molecule has 8 nitrogen and oxygen atoms in total. The van der Waals surface area contributed by atoms with Gasteiger partial charge in [-0.1, -0.05) is 36.7 Å². The molecule has 1 aromatic carbocycles. The maximum absolute atomic E-state index is 12.7. The minimum absolute atomic E-state index is 0.132. The molecule has 4 aliphatic carbocycles. The third-order valence-electron chi connectivity index (χ3n) is 11.1. The largest absolute Gasteiger partial charge is 0.508 e. The van der Waals surface area contributed by atoms with Gasteiger partial charge in [-0.25, -0.2) is 4.79 Å². The topological polar surface area (TPSA) is 114 Å². The lowest BCUT2D eigenvalue weighted by Crippen LogP contribution is -2.51. The predicted molar refractivity (Wildman–Crippen MR) is 160 cm³/mol. The molecule has 0 heterocycles.